The molecule has 0 spiro atoms. The molecule has 0 radical (unpaired) electrons. The number of aromatic nitrogens is 5. The Labute approximate surface area is 266 Å². The second kappa shape index (κ2) is 12.9. The summed E-state index contributed by atoms with van der Waals surface area (Å²) in [6, 6.07) is 6.74. The molecule has 0 saturated heterocycles. The van der Waals surface area contributed by atoms with Gasteiger partial charge in [0.1, 0.15) is 5.69 Å². The summed E-state index contributed by atoms with van der Waals surface area (Å²) in [5.74, 6) is -1.75. The predicted molar refractivity (Wildman–Crippen MR) is 154 cm³/mol. The lowest BCUT2D eigenvalue weighted by Gasteiger charge is -2.19. The zero-order valence-electron chi connectivity index (χ0n) is 22.6. The average Bonchev–Trinajstić information content (AvgIpc) is 3.50. The van der Waals surface area contributed by atoms with E-state index in [4.69, 9.17) is 46.4 Å². The Morgan fingerprint density at radius 1 is 1.05 bits per heavy atom. The highest BCUT2D eigenvalue weighted by Gasteiger charge is 2.38. The fourth-order valence-electron chi connectivity index (χ4n) is 3.83. The number of carbonyl (C=O) groups excluding carboxylic acids is 3. The third kappa shape index (κ3) is 6.85. The van der Waals surface area contributed by atoms with Crippen LogP contribution in [-0.2, 0) is 17.5 Å². The summed E-state index contributed by atoms with van der Waals surface area (Å²) in [7, 11) is 2.33. The summed E-state index contributed by atoms with van der Waals surface area (Å²) in [5, 5.41) is 10.6. The molecule has 0 aliphatic carbocycles. The zero-order chi connectivity index (χ0) is 32.5. The van der Waals surface area contributed by atoms with Crippen LogP contribution in [0.5, 0.6) is 0 Å². The number of halogens is 7. The number of benzene rings is 1. The molecule has 19 heteroatoms. The Bertz CT molecular complexity index is 1780. The Morgan fingerprint density at radius 3 is 2.36 bits per heavy atom. The van der Waals surface area contributed by atoms with Crippen LogP contribution in [0.1, 0.15) is 37.9 Å². The molecule has 1 aromatic carbocycles. The fraction of sp³-hybridized carbons (Fsp3) is 0.200. The Balaban J connectivity index is 1.76. The lowest BCUT2D eigenvalue weighted by molar-refractivity contribution is -0.141. The first-order valence-corrected chi connectivity index (χ1v) is 13.6. The van der Waals surface area contributed by atoms with Crippen molar-refractivity contribution in [1.82, 2.24) is 35.0 Å². The molecule has 0 fully saturated rings. The minimum Gasteiger partial charge on any atom is -0.452 e. The normalized spacial score (nSPS) is 11.3. The number of nitrogens with zero attached hydrogens (tertiary/aromatic N) is 6. The van der Waals surface area contributed by atoms with Gasteiger partial charge in [-0.3, -0.25) is 19.7 Å². The molecular formula is C25H19Cl4F3N8O4. The van der Waals surface area contributed by atoms with Gasteiger partial charge in [-0.2, -0.15) is 23.4 Å². The number of hydrogen-bond acceptors (Lipinski definition) is 7. The number of hydrogen-bond donors (Lipinski definition) is 2. The molecule has 3 aromatic heterocycles. The third-order valence-corrected chi connectivity index (χ3v) is 7.17. The molecule has 4 rings (SSSR count). The molecule has 0 atom stereocenters. The molecule has 232 valence electrons. The summed E-state index contributed by atoms with van der Waals surface area (Å²) in [6.45, 7) is 1.02. The standard InChI is InChI=1S/C25H19Cl4F3N8O4/c1-11-18(29)20(25(30,31)32)36-39(11)10-13-9-17(40(35-13)21-15(27)5-4-6-33-21)23(42)34-19-14(7-12(26)8-16(19)28)22(41)37-38(2)24(43)44-3/h4-9H,10H2,1-3H3,(H,34,42)(H,37,41). The van der Waals surface area contributed by atoms with Gasteiger partial charge in [-0.05, 0) is 37.3 Å². The molecule has 3 amide bonds. The molecule has 0 aliphatic rings. The molecule has 0 aliphatic heterocycles. The van der Waals surface area contributed by atoms with Gasteiger partial charge in [-0.1, -0.05) is 46.4 Å². The van der Waals surface area contributed by atoms with Gasteiger partial charge < -0.3 is 10.1 Å². The zero-order valence-corrected chi connectivity index (χ0v) is 25.7. The highest BCUT2D eigenvalue weighted by molar-refractivity contribution is 6.38. The molecular weight excluding hydrogens is 675 g/mol. The lowest BCUT2D eigenvalue weighted by atomic mass is 10.1. The second-order valence-corrected chi connectivity index (χ2v) is 10.5. The van der Waals surface area contributed by atoms with Gasteiger partial charge in [0.25, 0.3) is 11.8 Å². The molecule has 0 unspecified atom stereocenters. The SMILES string of the molecule is COC(=O)N(C)NC(=O)c1cc(Cl)cc(Cl)c1NC(=O)c1cc(Cn2nc(C(F)(F)F)c(Cl)c2C)nn1-c1ncccc1Cl. The number of nitrogens with one attached hydrogen (secondary N) is 2. The summed E-state index contributed by atoms with van der Waals surface area (Å²) in [5.41, 5.74) is 0.454. The smallest absolute Gasteiger partial charge is 0.436 e. The lowest BCUT2D eigenvalue weighted by Crippen LogP contribution is -2.43. The van der Waals surface area contributed by atoms with Gasteiger partial charge in [0.2, 0.25) is 0 Å². The minimum absolute atomic E-state index is 0.0101. The van der Waals surface area contributed by atoms with Gasteiger partial charge in [-0.25, -0.2) is 19.5 Å². The van der Waals surface area contributed by atoms with Crippen molar-refractivity contribution in [1.29, 1.82) is 0 Å². The Kier molecular flexibility index (Phi) is 9.63. The fourth-order valence-corrected chi connectivity index (χ4v) is 4.81. The first kappa shape index (κ1) is 32.9. The van der Waals surface area contributed by atoms with Crippen LogP contribution >= 0.6 is 46.4 Å². The number of hydrazine groups is 1. The number of alkyl halides is 3. The summed E-state index contributed by atoms with van der Waals surface area (Å²) in [6.07, 6.45) is -4.31. The van der Waals surface area contributed by atoms with Crippen LogP contribution in [0.2, 0.25) is 20.1 Å². The van der Waals surface area contributed by atoms with E-state index in [9.17, 15) is 27.6 Å². The van der Waals surface area contributed by atoms with E-state index in [0.29, 0.717) is 0 Å². The number of pyridine rings is 1. The van der Waals surface area contributed by atoms with E-state index in [-0.39, 0.29) is 55.8 Å². The van der Waals surface area contributed by atoms with Crippen molar-refractivity contribution in [2.75, 3.05) is 19.5 Å². The maximum Gasteiger partial charge on any atom is 0.436 e. The maximum atomic E-state index is 13.7. The van der Waals surface area contributed by atoms with Crippen molar-refractivity contribution in [3.63, 3.8) is 0 Å². The van der Waals surface area contributed by atoms with E-state index >= 15 is 0 Å². The number of ether oxygens (including phenoxy) is 1. The highest BCUT2D eigenvalue weighted by atomic mass is 35.5. The molecule has 3 heterocycles. The number of amides is 3. The molecule has 12 nitrogen and oxygen atoms in total. The van der Waals surface area contributed by atoms with Crippen LogP contribution in [0.3, 0.4) is 0 Å². The van der Waals surface area contributed by atoms with Crippen molar-refractivity contribution >= 4 is 70.0 Å². The number of anilines is 1. The molecule has 4 aromatic rings. The third-order valence-electron chi connectivity index (χ3n) is 5.90. The van der Waals surface area contributed by atoms with Crippen LogP contribution < -0.4 is 10.7 Å². The highest BCUT2D eigenvalue weighted by Crippen LogP contribution is 2.36. The quantitative estimate of drug-likeness (QED) is 0.235. The van der Waals surface area contributed by atoms with Crippen molar-refractivity contribution in [2.24, 2.45) is 0 Å². The van der Waals surface area contributed by atoms with Crippen molar-refractivity contribution in [3.05, 3.63) is 85.0 Å². The van der Waals surface area contributed by atoms with Crippen LogP contribution in [-0.4, -0.2) is 61.6 Å². The van der Waals surface area contributed by atoms with Crippen LogP contribution in [0.4, 0.5) is 23.7 Å². The second-order valence-electron chi connectivity index (χ2n) is 8.88. The first-order valence-electron chi connectivity index (χ1n) is 12.0. The van der Waals surface area contributed by atoms with E-state index in [1.165, 1.54) is 50.5 Å². The van der Waals surface area contributed by atoms with Gasteiger partial charge in [0.05, 0.1) is 51.4 Å². The summed E-state index contributed by atoms with van der Waals surface area (Å²) < 4.78 is 46.7. The Hall–Kier alpha value is -4.05. The average molecular weight is 694 g/mol. The molecule has 0 saturated carbocycles. The van der Waals surface area contributed by atoms with Gasteiger partial charge in [-0.15, -0.1) is 0 Å². The molecule has 0 bridgehead atoms. The van der Waals surface area contributed by atoms with Crippen molar-refractivity contribution in [2.45, 2.75) is 19.6 Å². The number of carbonyl (C=O) groups is 3. The van der Waals surface area contributed by atoms with Gasteiger partial charge in [0, 0.05) is 18.3 Å². The van der Waals surface area contributed by atoms with Crippen molar-refractivity contribution < 1.29 is 32.3 Å². The monoisotopic (exact) mass is 692 g/mol. The van der Waals surface area contributed by atoms with E-state index in [1.54, 1.807) is 0 Å². The van der Waals surface area contributed by atoms with E-state index in [2.05, 4.69) is 30.7 Å². The van der Waals surface area contributed by atoms with Gasteiger partial charge >= 0.3 is 12.3 Å². The van der Waals surface area contributed by atoms with Crippen LogP contribution in [0.25, 0.3) is 5.82 Å². The summed E-state index contributed by atoms with van der Waals surface area (Å²) in [4.78, 5) is 42.6. The topological polar surface area (TPSA) is 136 Å². The van der Waals surface area contributed by atoms with Crippen molar-refractivity contribution in [3.8, 4) is 5.82 Å². The maximum absolute atomic E-state index is 13.7. The van der Waals surface area contributed by atoms with Crippen LogP contribution in [0.15, 0.2) is 36.5 Å². The molecule has 2 N–H and O–H groups in total. The summed E-state index contributed by atoms with van der Waals surface area (Å²) >= 11 is 24.6. The predicted octanol–water partition coefficient (Wildman–Crippen LogP) is 6.05. The molecule has 44 heavy (non-hydrogen) atoms. The number of rotatable bonds is 6. The minimum atomic E-state index is -4.80. The van der Waals surface area contributed by atoms with E-state index in [0.717, 1.165) is 21.5 Å². The van der Waals surface area contributed by atoms with Crippen LogP contribution in [0, 0.1) is 6.92 Å². The number of methoxy groups -OCH3 is 1. The van der Waals surface area contributed by atoms with E-state index < -0.39 is 34.8 Å². The largest absolute Gasteiger partial charge is 0.452 e. The first-order chi connectivity index (χ1) is 20.6. The van der Waals surface area contributed by atoms with E-state index in [1.807, 2.05) is 0 Å². The van der Waals surface area contributed by atoms with Gasteiger partial charge in [0.15, 0.2) is 11.5 Å². The Morgan fingerprint density at radius 2 is 1.75 bits per heavy atom.